The van der Waals surface area contributed by atoms with E-state index in [1.807, 2.05) is 31.2 Å². The molecule has 0 amide bonds. The molecule has 6 nitrogen and oxygen atoms in total. The van der Waals surface area contributed by atoms with Gasteiger partial charge in [-0.05, 0) is 62.6 Å². The maximum atomic E-state index is 12.8. The smallest absolute Gasteiger partial charge is 0.259 e. The molecule has 0 spiro atoms. The average molecular weight is 440 g/mol. The number of fused-ring (bicyclic) bond motifs is 3. The summed E-state index contributed by atoms with van der Waals surface area (Å²) in [7, 11) is 0. The van der Waals surface area contributed by atoms with E-state index in [1.54, 1.807) is 11.3 Å². The molecular formula is C24H29N3O3S. The number of benzene rings is 1. The number of aryl methyl sites for hydroxylation is 3. The number of hydrogen-bond acceptors (Lipinski definition) is 6. The van der Waals surface area contributed by atoms with Crippen LogP contribution in [0, 0.1) is 6.92 Å². The van der Waals surface area contributed by atoms with Gasteiger partial charge in [-0.2, -0.15) is 0 Å². The number of aromatic nitrogens is 2. The van der Waals surface area contributed by atoms with E-state index in [-0.39, 0.29) is 12.2 Å². The van der Waals surface area contributed by atoms with E-state index in [0.29, 0.717) is 25.0 Å². The van der Waals surface area contributed by atoms with Crippen LogP contribution in [0.15, 0.2) is 29.1 Å². The summed E-state index contributed by atoms with van der Waals surface area (Å²) in [6.45, 7) is 3.28. The summed E-state index contributed by atoms with van der Waals surface area (Å²) in [5.74, 6) is 1.49. The van der Waals surface area contributed by atoms with Crippen LogP contribution in [0.4, 0.5) is 0 Å². The van der Waals surface area contributed by atoms with Crippen LogP contribution in [-0.2, 0) is 19.4 Å². The maximum absolute atomic E-state index is 12.8. The van der Waals surface area contributed by atoms with Crippen molar-refractivity contribution in [2.45, 2.75) is 64.1 Å². The second-order valence-corrected chi connectivity index (χ2v) is 9.88. The zero-order chi connectivity index (χ0) is 21.4. The van der Waals surface area contributed by atoms with Gasteiger partial charge in [-0.3, -0.25) is 9.69 Å². The Hall–Kier alpha value is -2.22. The fraction of sp³-hybridized carbons (Fsp3) is 0.500. The lowest BCUT2D eigenvalue weighted by atomic mass is 9.97. The molecule has 1 aromatic carbocycles. The predicted molar refractivity (Wildman–Crippen MR) is 123 cm³/mol. The van der Waals surface area contributed by atoms with Gasteiger partial charge in [0, 0.05) is 17.5 Å². The molecule has 5 rings (SSSR count). The minimum atomic E-state index is -0.607. The third-order valence-corrected chi connectivity index (χ3v) is 7.45. The molecule has 1 saturated carbocycles. The van der Waals surface area contributed by atoms with Crippen molar-refractivity contribution in [2.75, 3.05) is 13.2 Å². The molecule has 0 radical (unpaired) electrons. The number of nitrogens with zero attached hydrogens (tertiary/aromatic N) is 2. The molecule has 2 aliphatic carbocycles. The topological polar surface area (TPSA) is 78.5 Å². The highest BCUT2D eigenvalue weighted by Gasteiger charge is 2.31. The van der Waals surface area contributed by atoms with Crippen molar-refractivity contribution < 1.29 is 9.84 Å². The van der Waals surface area contributed by atoms with Gasteiger partial charge < -0.3 is 14.8 Å². The standard InChI is InChI=1S/C24H29N3O3S/c1-15-6-2-4-8-19(15)30-14-17(28)12-27(16-10-11-16)13-21-25-23(29)22-18-7-3-5-9-20(18)31-24(22)26-21/h2,4,6,8,16-17,28H,3,5,7,9-14H2,1H3,(H,25,26,29)/t17-/m0/s1. The first kappa shape index (κ1) is 20.7. The zero-order valence-corrected chi connectivity index (χ0v) is 18.7. The normalized spacial score (nSPS) is 17.1. The molecule has 164 valence electrons. The molecule has 1 fully saturated rings. The van der Waals surface area contributed by atoms with Gasteiger partial charge in [0.1, 0.15) is 29.1 Å². The van der Waals surface area contributed by atoms with Crippen molar-refractivity contribution in [3.63, 3.8) is 0 Å². The van der Waals surface area contributed by atoms with Crippen LogP contribution in [-0.4, -0.2) is 45.3 Å². The van der Waals surface area contributed by atoms with Crippen molar-refractivity contribution >= 4 is 21.6 Å². The third-order valence-electron chi connectivity index (χ3n) is 6.26. The molecule has 31 heavy (non-hydrogen) atoms. The number of thiophene rings is 1. The summed E-state index contributed by atoms with van der Waals surface area (Å²) in [4.78, 5) is 25.1. The minimum absolute atomic E-state index is 0.0152. The summed E-state index contributed by atoms with van der Waals surface area (Å²) in [6, 6.07) is 8.27. The molecule has 0 bridgehead atoms. The van der Waals surface area contributed by atoms with Crippen LogP contribution >= 0.6 is 11.3 Å². The Morgan fingerprint density at radius 2 is 2.10 bits per heavy atom. The van der Waals surface area contributed by atoms with Gasteiger partial charge in [0.05, 0.1) is 11.9 Å². The highest BCUT2D eigenvalue weighted by molar-refractivity contribution is 7.18. The van der Waals surface area contributed by atoms with E-state index in [1.165, 1.54) is 16.9 Å². The molecule has 0 saturated heterocycles. The van der Waals surface area contributed by atoms with Gasteiger partial charge >= 0.3 is 0 Å². The zero-order valence-electron chi connectivity index (χ0n) is 17.9. The lowest BCUT2D eigenvalue weighted by Gasteiger charge is -2.24. The Bertz CT molecular complexity index is 1130. The summed E-state index contributed by atoms with van der Waals surface area (Å²) < 4.78 is 5.82. The largest absolute Gasteiger partial charge is 0.491 e. The lowest BCUT2D eigenvalue weighted by molar-refractivity contribution is 0.0615. The monoisotopic (exact) mass is 439 g/mol. The summed E-state index contributed by atoms with van der Waals surface area (Å²) in [5, 5.41) is 11.4. The number of H-pyrrole nitrogens is 1. The first-order valence-electron chi connectivity index (χ1n) is 11.2. The van der Waals surface area contributed by atoms with Gasteiger partial charge in [0.15, 0.2) is 0 Å². The highest BCUT2D eigenvalue weighted by Crippen LogP contribution is 2.34. The molecule has 2 N–H and O–H groups in total. The number of aromatic amines is 1. The van der Waals surface area contributed by atoms with Crippen molar-refractivity contribution in [3.05, 3.63) is 56.4 Å². The van der Waals surface area contributed by atoms with E-state index in [4.69, 9.17) is 9.72 Å². The van der Waals surface area contributed by atoms with Crippen LogP contribution in [0.1, 0.15) is 47.5 Å². The molecule has 2 aliphatic rings. The maximum Gasteiger partial charge on any atom is 0.259 e. The lowest BCUT2D eigenvalue weighted by Crippen LogP contribution is -2.37. The molecule has 7 heteroatoms. The van der Waals surface area contributed by atoms with Gasteiger partial charge in [-0.25, -0.2) is 4.98 Å². The second kappa shape index (κ2) is 8.73. The summed E-state index contributed by atoms with van der Waals surface area (Å²) >= 11 is 1.68. The number of nitrogens with one attached hydrogen (secondary N) is 1. The first-order chi connectivity index (χ1) is 15.1. The Balaban J connectivity index is 1.28. The van der Waals surface area contributed by atoms with E-state index in [2.05, 4.69) is 9.88 Å². The molecule has 3 aromatic rings. The Labute approximate surface area is 185 Å². The Morgan fingerprint density at radius 1 is 1.29 bits per heavy atom. The number of aliphatic hydroxyl groups is 1. The predicted octanol–water partition coefficient (Wildman–Crippen LogP) is 3.58. The Morgan fingerprint density at radius 3 is 2.90 bits per heavy atom. The molecule has 2 heterocycles. The summed E-state index contributed by atoms with van der Waals surface area (Å²) in [6.07, 6.45) is 6.02. The SMILES string of the molecule is Cc1ccccc1OC[C@@H](O)CN(Cc1nc2sc3c(c2c(=O)[nH]1)CCCC3)C1CC1. The molecular weight excluding hydrogens is 410 g/mol. The third kappa shape index (κ3) is 4.54. The second-order valence-electron chi connectivity index (χ2n) is 8.79. The Kier molecular flexibility index (Phi) is 5.82. The number of para-hydroxylation sites is 1. The minimum Gasteiger partial charge on any atom is -0.491 e. The van der Waals surface area contributed by atoms with Crippen molar-refractivity contribution in [1.29, 1.82) is 0 Å². The number of hydrogen-bond donors (Lipinski definition) is 2. The highest BCUT2D eigenvalue weighted by atomic mass is 32.1. The van der Waals surface area contributed by atoms with Gasteiger partial charge in [-0.15, -0.1) is 11.3 Å². The van der Waals surface area contributed by atoms with Crippen molar-refractivity contribution in [2.24, 2.45) is 0 Å². The molecule has 0 aliphatic heterocycles. The molecule has 2 aromatic heterocycles. The number of rotatable bonds is 8. The van der Waals surface area contributed by atoms with Gasteiger partial charge in [0.25, 0.3) is 5.56 Å². The van der Waals surface area contributed by atoms with E-state index >= 15 is 0 Å². The average Bonchev–Trinajstić information content (AvgIpc) is 3.53. The first-order valence-corrected chi connectivity index (χ1v) is 12.0. The summed E-state index contributed by atoms with van der Waals surface area (Å²) in [5.41, 5.74) is 2.26. The fourth-order valence-corrected chi connectivity index (χ4v) is 5.77. The van der Waals surface area contributed by atoms with Crippen LogP contribution in [0.3, 0.4) is 0 Å². The van der Waals surface area contributed by atoms with E-state index in [9.17, 15) is 9.90 Å². The van der Waals surface area contributed by atoms with Crippen LogP contribution in [0.5, 0.6) is 5.75 Å². The van der Waals surface area contributed by atoms with Crippen molar-refractivity contribution in [3.8, 4) is 5.75 Å². The van der Waals surface area contributed by atoms with Crippen LogP contribution in [0.2, 0.25) is 0 Å². The quantitative estimate of drug-likeness (QED) is 0.561. The van der Waals surface area contributed by atoms with Gasteiger partial charge in [0.2, 0.25) is 0 Å². The van der Waals surface area contributed by atoms with E-state index < -0.39 is 6.10 Å². The van der Waals surface area contributed by atoms with Crippen LogP contribution in [0.25, 0.3) is 10.2 Å². The number of ether oxygens (including phenoxy) is 1. The van der Waals surface area contributed by atoms with E-state index in [0.717, 1.165) is 53.6 Å². The fourth-order valence-electron chi connectivity index (χ4n) is 4.49. The van der Waals surface area contributed by atoms with Crippen molar-refractivity contribution in [1.82, 2.24) is 14.9 Å². The van der Waals surface area contributed by atoms with Gasteiger partial charge in [-0.1, -0.05) is 18.2 Å². The molecule has 1 atom stereocenters. The number of aliphatic hydroxyl groups excluding tert-OH is 1. The van der Waals surface area contributed by atoms with Crippen LogP contribution < -0.4 is 10.3 Å². The molecule has 0 unspecified atom stereocenters.